The monoisotopic (exact) mass is 357 g/mol. The number of carbonyl (C=O) groups excluding carboxylic acids is 1. The molecule has 4 heterocycles. The van der Waals surface area contributed by atoms with E-state index in [-0.39, 0.29) is 5.91 Å². The van der Waals surface area contributed by atoms with Crippen LogP contribution < -0.4 is 0 Å². The summed E-state index contributed by atoms with van der Waals surface area (Å²) in [6, 6.07) is 0. The number of thiazole rings is 1. The fourth-order valence-electron chi connectivity index (χ4n) is 3.31. The van der Waals surface area contributed by atoms with Crippen LogP contribution in [0.2, 0.25) is 0 Å². The summed E-state index contributed by atoms with van der Waals surface area (Å²) in [7, 11) is 0. The second kappa shape index (κ2) is 6.79. The van der Waals surface area contributed by atoms with Gasteiger partial charge in [-0.3, -0.25) is 4.79 Å². The maximum Gasteiger partial charge on any atom is 0.276 e. The molecule has 1 aliphatic heterocycles. The highest BCUT2D eigenvalue weighted by atomic mass is 32.1. The molecule has 1 aliphatic rings. The Hall–Kier alpha value is -2.48. The summed E-state index contributed by atoms with van der Waals surface area (Å²) in [5, 5.41) is 2.06. The van der Waals surface area contributed by atoms with Crippen LogP contribution in [0.1, 0.15) is 46.5 Å². The van der Waals surface area contributed by atoms with Crippen LogP contribution in [0.3, 0.4) is 0 Å². The first kappa shape index (κ1) is 16.0. The summed E-state index contributed by atoms with van der Waals surface area (Å²) in [5.74, 6) is 1.97. The smallest absolute Gasteiger partial charge is 0.276 e. The molecule has 1 amide bonds. The van der Waals surface area contributed by atoms with Crippen molar-refractivity contribution in [1.82, 2.24) is 24.4 Å². The van der Waals surface area contributed by atoms with Crippen molar-refractivity contribution < 1.29 is 9.21 Å². The fourth-order valence-corrected chi connectivity index (χ4v) is 3.86. The SMILES string of the molecule is Cc1ocnc1C(=O)N1CCC(c2nccn2Cc2cscn2)CC1. The number of imidazole rings is 1. The topological polar surface area (TPSA) is 77.0 Å². The molecule has 1 fully saturated rings. The maximum absolute atomic E-state index is 12.5. The number of aromatic nitrogens is 4. The first-order valence-electron chi connectivity index (χ1n) is 8.30. The standard InChI is InChI=1S/C17H19N5O2S/c1-12-15(19-10-24-12)17(23)21-5-2-13(3-6-21)16-18-4-7-22(16)8-14-9-25-11-20-14/h4,7,9-11,13H,2-3,5-6,8H2,1H3. The lowest BCUT2D eigenvalue weighted by molar-refractivity contribution is 0.0703. The van der Waals surface area contributed by atoms with Gasteiger partial charge in [-0.05, 0) is 19.8 Å². The molecule has 0 atom stereocenters. The Balaban J connectivity index is 1.42. The van der Waals surface area contributed by atoms with E-state index >= 15 is 0 Å². The quantitative estimate of drug-likeness (QED) is 0.717. The van der Waals surface area contributed by atoms with Gasteiger partial charge >= 0.3 is 0 Å². The van der Waals surface area contributed by atoms with Crippen LogP contribution in [0.15, 0.2) is 34.1 Å². The van der Waals surface area contributed by atoms with Crippen molar-refractivity contribution in [3.05, 3.63) is 52.7 Å². The zero-order chi connectivity index (χ0) is 17.2. The molecule has 4 rings (SSSR count). The average molecular weight is 357 g/mol. The highest BCUT2D eigenvalue weighted by molar-refractivity contribution is 7.07. The zero-order valence-corrected chi connectivity index (χ0v) is 14.8. The van der Waals surface area contributed by atoms with E-state index in [1.165, 1.54) is 6.39 Å². The van der Waals surface area contributed by atoms with Crippen LogP contribution in [0, 0.1) is 6.92 Å². The van der Waals surface area contributed by atoms with Crippen LogP contribution in [-0.2, 0) is 6.54 Å². The van der Waals surface area contributed by atoms with Gasteiger partial charge in [-0.1, -0.05) is 0 Å². The Labute approximate surface area is 149 Å². The minimum atomic E-state index is -0.0458. The van der Waals surface area contributed by atoms with Crippen molar-refractivity contribution >= 4 is 17.2 Å². The van der Waals surface area contributed by atoms with E-state index in [2.05, 4.69) is 24.9 Å². The third kappa shape index (κ3) is 3.21. The van der Waals surface area contributed by atoms with Gasteiger partial charge in [-0.25, -0.2) is 15.0 Å². The van der Waals surface area contributed by atoms with Crippen molar-refractivity contribution in [1.29, 1.82) is 0 Å². The first-order valence-corrected chi connectivity index (χ1v) is 9.24. The van der Waals surface area contributed by atoms with Gasteiger partial charge in [-0.2, -0.15) is 0 Å². The third-order valence-corrected chi connectivity index (χ3v) is 5.29. The van der Waals surface area contributed by atoms with Crippen molar-refractivity contribution in [2.45, 2.75) is 32.2 Å². The van der Waals surface area contributed by atoms with Crippen LogP contribution in [0.4, 0.5) is 0 Å². The molecular weight excluding hydrogens is 338 g/mol. The third-order valence-electron chi connectivity index (χ3n) is 4.66. The van der Waals surface area contributed by atoms with Gasteiger partial charge in [0.25, 0.3) is 5.91 Å². The minimum Gasteiger partial charge on any atom is -0.448 e. The number of hydrogen-bond donors (Lipinski definition) is 0. The number of piperidine rings is 1. The van der Waals surface area contributed by atoms with Gasteiger partial charge < -0.3 is 13.9 Å². The van der Waals surface area contributed by atoms with Crippen LogP contribution in [0.5, 0.6) is 0 Å². The van der Waals surface area contributed by atoms with Gasteiger partial charge in [-0.15, -0.1) is 11.3 Å². The molecule has 0 saturated carbocycles. The fraction of sp³-hybridized carbons (Fsp3) is 0.412. The molecule has 1 saturated heterocycles. The van der Waals surface area contributed by atoms with Crippen LogP contribution >= 0.6 is 11.3 Å². The molecule has 3 aromatic rings. The normalized spacial score (nSPS) is 15.6. The highest BCUT2D eigenvalue weighted by Gasteiger charge is 2.28. The molecule has 0 unspecified atom stereocenters. The Kier molecular flexibility index (Phi) is 4.35. The molecular formula is C17H19N5O2S. The lowest BCUT2D eigenvalue weighted by Crippen LogP contribution is -2.38. The van der Waals surface area contributed by atoms with E-state index < -0.39 is 0 Å². The summed E-state index contributed by atoms with van der Waals surface area (Å²) in [4.78, 5) is 27.3. The van der Waals surface area contributed by atoms with E-state index in [9.17, 15) is 4.79 Å². The molecule has 0 spiro atoms. The van der Waals surface area contributed by atoms with E-state index in [4.69, 9.17) is 4.42 Å². The Bertz CT molecular complexity index is 846. The highest BCUT2D eigenvalue weighted by Crippen LogP contribution is 2.28. The molecule has 0 aromatic carbocycles. The molecule has 3 aromatic heterocycles. The Morgan fingerprint density at radius 3 is 2.84 bits per heavy atom. The molecule has 0 radical (unpaired) electrons. The molecule has 0 N–H and O–H groups in total. The molecule has 7 nitrogen and oxygen atoms in total. The largest absolute Gasteiger partial charge is 0.448 e. The number of amides is 1. The predicted octanol–water partition coefficient (Wildman–Crippen LogP) is 2.70. The van der Waals surface area contributed by atoms with Crippen molar-refractivity contribution in [2.24, 2.45) is 0 Å². The minimum absolute atomic E-state index is 0.0458. The second-order valence-corrected chi connectivity index (χ2v) is 6.94. The van der Waals surface area contributed by atoms with Gasteiger partial charge in [0.1, 0.15) is 11.6 Å². The van der Waals surface area contributed by atoms with E-state index in [1.54, 1.807) is 18.3 Å². The zero-order valence-electron chi connectivity index (χ0n) is 14.0. The average Bonchev–Trinajstić information content (AvgIpc) is 3.37. The van der Waals surface area contributed by atoms with Gasteiger partial charge in [0.2, 0.25) is 0 Å². The summed E-state index contributed by atoms with van der Waals surface area (Å²) in [6.07, 6.45) is 6.97. The molecule has 0 bridgehead atoms. The summed E-state index contributed by atoms with van der Waals surface area (Å²) in [5.41, 5.74) is 3.32. The predicted molar refractivity (Wildman–Crippen MR) is 92.6 cm³/mol. The number of nitrogens with zero attached hydrogens (tertiary/aromatic N) is 5. The molecule has 130 valence electrons. The van der Waals surface area contributed by atoms with E-state index in [0.717, 1.165) is 30.9 Å². The number of carbonyl (C=O) groups is 1. The Morgan fingerprint density at radius 2 is 2.16 bits per heavy atom. The van der Waals surface area contributed by atoms with Crippen molar-refractivity contribution in [3.63, 3.8) is 0 Å². The number of likely N-dealkylation sites (tertiary alicyclic amines) is 1. The Morgan fingerprint density at radius 1 is 1.32 bits per heavy atom. The first-order chi connectivity index (χ1) is 12.2. The van der Waals surface area contributed by atoms with Gasteiger partial charge in [0, 0.05) is 36.8 Å². The van der Waals surface area contributed by atoms with Crippen molar-refractivity contribution in [2.75, 3.05) is 13.1 Å². The van der Waals surface area contributed by atoms with Crippen LogP contribution in [0.25, 0.3) is 0 Å². The lowest BCUT2D eigenvalue weighted by atomic mass is 9.95. The summed E-state index contributed by atoms with van der Waals surface area (Å²) < 4.78 is 7.31. The molecule has 25 heavy (non-hydrogen) atoms. The summed E-state index contributed by atoms with van der Waals surface area (Å²) >= 11 is 1.60. The second-order valence-electron chi connectivity index (χ2n) is 6.22. The van der Waals surface area contributed by atoms with Crippen LogP contribution in [-0.4, -0.2) is 43.4 Å². The molecule has 0 aliphatic carbocycles. The number of aryl methyl sites for hydroxylation is 1. The lowest BCUT2D eigenvalue weighted by Gasteiger charge is -2.31. The summed E-state index contributed by atoms with van der Waals surface area (Å²) in [6.45, 7) is 3.93. The maximum atomic E-state index is 12.5. The van der Waals surface area contributed by atoms with E-state index in [0.29, 0.717) is 30.5 Å². The molecule has 8 heteroatoms. The number of hydrogen-bond acceptors (Lipinski definition) is 6. The number of rotatable bonds is 4. The van der Waals surface area contributed by atoms with E-state index in [1.807, 2.05) is 22.8 Å². The van der Waals surface area contributed by atoms with Gasteiger partial charge in [0.05, 0.1) is 17.7 Å². The van der Waals surface area contributed by atoms with Crippen molar-refractivity contribution in [3.8, 4) is 0 Å². The van der Waals surface area contributed by atoms with Gasteiger partial charge in [0.15, 0.2) is 12.1 Å². The number of oxazole rings is 1.